The summed E-state index contributed by atoms with van der Waals surface area (Å²) in [5.74, 6) is 0.196. The molecule has 3 N–H and O–H groups in total. The maximum absolute atomic E-state index is 12.9. The van der Waals surface area contributed by atoms with E-state index < -0.39 is 0 Å². The molecule has 1 amide bonds. The summed E-state index contributed by atoms with van der Waals surface area (Å²) in [4.78, 5) is 28.9. The highest BCUT2D eigenvalue weighted by atomic mass is 32.1. The number of carbonyl (C=O) groups excluding carboxylic acids is 1. The van der Waals surface area contributed by atoms with E-state index in [1.165, 1.54) is 4.68 Å². The molecule has 3 aromatic rings. The highest BCUT2D eigenvalue weighted by molar-refractivity contribution is 7.80. The zero-order valence-corrected chi connectivity index (χ0v) is 14.8. The van der Waals surface area contributed by atoms with Crippen LogP contribution in [0.4, 0.5) is 0 Å². The standard InChI is InChI=1S/C18H17N5O2S/c1-2-15(24)20-21-18(26)22-23-16(12-8-4-3-5-9-12)19-14-11-7-6-10-13(14)17(23)25/h3-11H,2H2,1H3,(H,20,24)(H2,21,22,26). The number of thiocarbonyl (C=S) groups is 1. The van der Waals surface area contributed by atoms with Gasteiger partial charge in [0.25, 0.3) is 5.56 Å². The van der Waals surface area contributed by atoms with Crippen LogP contribution < -0.4 is 21.8 Å². The van der Waals surface area contributed by atoms with Gasteiger partial charge in [0.2, 0.25) is 11.0 Å². The molecule has 0 unspecified atom stereocenters. The van der Waals surface area contributed by atoms with Crippen LogP contribution in [0.5, 0.6) is 0 Å². The van der Waals surface area contributed by atoms with Gasteiger partial charge >= 0.3 is 0 Å². The normalized spacial score (nSPS) is 10.3. The molecular formula is C18H17N5O2S. The molecule has 0 aliphatic rings. The van der Waals surface area contributed by atoms with Crippen LogP contribution >= 0.6 is 12.2 Å². The van der Waals surface area contributed by atoms with Crippen molar-refractivity contribution < 1.29 is 4.79 Å². The molecule has 8 heteroatoms. The minimum Gasteiger partial charge on any atom is -0.273 e. The topological polar surface area (TPSA) is 88.1 Å². The minimum atomic E-state index is -0.291. The van der Waals surface area contributed by atoms with Gasteiger partial charge in [0.05, 0.1) is 10.9 Å². The summed E-state index contributed by atoms with van der Waals surface area (Å²) in [6.07, 6.45) is 0.308. The fourth-order valence-electron chi connectivity index (χ4n) is 2.36. The lowest BCUT2D eigenvalue weighted by atomic mass is 10.2. The van der Waals surface area contributed by atoms with Crippen molar-refractivity contribution in [2.75, 3.05) is 5.43 Å². The molecule has 0 aliphatic heterocycles. The van der Waals surface area contributed by atoms with Crippen LogP contribution in [-0.2, 0) is 4.79 Å². The summed E-state index contributed by atoms with van der Waals surface area (Å²) < 4.78 is 1.27. The summed E-state index contributed by atoms with van der Waals surface area (Å²) in [5.41, 5.74) is 8.86. The first-order chi connectivity index (χ1) is 12.6. The van der Waals surface area contributed by atoms with Crippen molar-refractivity contribution in [3.05, 3.63) is 65.0 Å². The second-order valence-corrected chi connectivity index (χ2v) is 5.84. The van der Waals surface area contributed by atoms with Crippen molar-refractivity contribution in [3.63, 3.8) is 0 Å². The lowest BCUT2D eigenvalue weighted by molar-refractivity contribution is -0.121. The minimum absolute atomic E-state index is 0.0724. The first-order valence-corrected chi connectivity index (χ1v) is 8.44. The highest BCUT2D eigenvalue weighted by Crippen LogP contribution is 2.17. The van der Waals surface area contributed by atoms with E-state index in [0.29, 0.717) is 23.1 Å². The largest absolute Gasteiger partial charge is 0.280 e. The van der Waals surface area contributed by atoms with E-state index in [2.05, 4.69) is 21.3 Å². The van der Waals surface area contributed by atoms with E-state index in [0.717, 1.165) is 5.56 Å². The van der Waals surface area contributed by atoms with Gasteiger partial charge in [-0.3, -0.25) is 25.9 Å². The predicted octanol–water partition coefficient (Wildman–Crippen LogP) is 1.92. The number of benzene rings is 2. The zero-order valence-electron chi connectivity index (χ0n) is 14.0. The van der Waals surface area contributed by atoms with E-state index in [9.17, 15) is 9.59 Å². The van der Waals surface area contributed by atoms with Gasteiger partial charge in [-0.05, 0) is 24.4 Å². The van der Waals surface area contributed by atoms with E-state index >= 15 is 0 Å². The Bertz CT molecular complexity index is 1020. The third-order valence-corrected chi connectivity index (χ3v) is 3.85. The van der Waals surface area contributed by atoms with E-state index in [4.69, 9.17) is 12.2 Å². The van der Waals surface area contributed by atoms with E-state index in [1.54, 1.807) is 25.1 Å². The molecule has 0 fully saturated rings. The Labute approximate surface area is 155 Å². The molecule has 0 saturated carbocycles. The van der Waals surface area contributed by atoms with E-state index in [1.807, 2.05) is 36.4 Å². The number of carbonyl (C=O) groups is 1. The summed E-state index contributed by atoms with van der Waals surface area (Å²) in [7, 11) is 0. The lowest BCUT2D eigenvalue weighted by Crippen LogP contribution is -2.47. The number of nitrogens with zero attached hydrogens (tertiary/aromatic N) is 2. The number of hydrazine groups is 1. The summed E-state index contributed by atoms with van der Waals surface area (Å²) in [5, 5.41) is 0.531. The molecule has 1 heterocycles. The fraction of sp³-hybridized carbons (Fsp3) is 0.111. The molecule has 0 spiro atoms. The van der Waals surface area contributed by atoms with Crippen LogP contribution in [0.2, 0.25) is 0 Å². The van der Waals surface area contributed by atoms with Crippen molar-refractivity contribution in [2.24, 2.45) is 0 Å². The molecule has 0 radical (unpaired) electrons. The van der Waals surface area contributed by atoms with Crippen molar-refractivity contribution >= 4 is 34.1 Å². The zero-order chi connectivity index (χ0) is 18.5. The van der Waals surface area contributed by atoms with Crippen LogP contribution in [0.15, 0.2) is 59.4 Å². The smallest absolute Gasteiger partial charge is 0.273 e. The molecule has 0 aliphatic carbocycles. The third-order valence-electron chi connectivity index (χ3n) is 3.66. The van der Waals surface area contributed by atoms with Gasteiger partial charge in [-0.15, -0.1) is 0 Å². The first-order valence-electron chi connectivity index (χ1n) is 8.03. The van der Waals surface area contributed by atoms with Crippen molar-refractivity contribution in [3.8, 4) is 11.4 Å². The molecule has 26 heavy (non-hydrogen) atoms. The number of nitrogens with one attached hydrogen (secondary N) is 3. The SMILES string of the molecule is CCC(=O)NNC(=S)Nn1c(-c2ccccc2)nc2ccccc2c1=O. The molecule has 1 aromatic heterocycles. The Hall–Kier alpha value is -3.26. The maximum Gasteiger partial charge on any atom is 0.280 e. The second kappa shape index (κ2) is 7.75. The summed E-state index contributed by atoms with van der Waals surface area (Å²) in [6.45, 7) is 1.72. The number of para-hydroxylation sites is 1. The van der Waals surface area contributed by atoms with Gasteiger partial charge in [-0.1, -0.05) is 49.4 Å². The van der Waals surface area contributed by atoms with Gasteiger partial charge in [-0.2, -0.15) is 4.68 Å². The highest BCUT2D eigenvalue weighted by Gasteiger charge is 2.13. The van der Waals surface area contributed by atoms with Crippen LogP contribution in [0, 0.1) is 0 Å². The Morgan fingerprint density at radius 2 is 1.77 bits per heavy atom. The van der Waals surface area contributed by atoms with Crippen molar-refractivity contribution in [2.45, 2.75) is 13.3 Å². The third kappa shape index (κ3) is 3.70. The molecule has 3 rings (SSSR count). The van der Waals surface area contributed by atoms with Crippen molar-refractivity contribution in [1.29, 1.82) is 0 Å². The Morgan fingerprint density at radius 3 is 2.50 bits per heavy atom. The number of amides is 1. The van der Waals surface area contributed by atoms with Gasteiger partial charge in [0.15, 0.2) is 5.82 Å². The van der Waals surface area contributed by atoms with Gasteiger partial charge in [0, 0.05) is 12.0 Å². The number of hydrogen-bond donors (Lipinski definition) is 3. The van der Waals surface area contributed by atoms with E-state index in [-0.39, 0.29) is 16.6 Å². The molecule has 132 valence electrons. The number of aromatic nitrogens is 2. The van der Waals surface area contributed by atoms with Crippen molar-refractivity contribution in [1.82, 2.24) is 20.5 Å². The Morgan fingerprint density at radius 1 is 1.08 bits per heavy atom. The Balaban J connectivity index is 2.04. The molecule has 7 nitrogen and oxygen atoms in total. The predicted molar refractivity (Wildman–Crippen MR) is 105 cm³/mol. The number of hydrogen-bond acceptors (Lipinski definition) is 4. The summed E-state index contributed by atoms with van der Waals surface area (Å²) in [6, 6.07) is 16.4. The fourth-order valence-corrected chi connectivity index (χ4v) is 2.50. The van der Waals surface area contributed by atoms with Crippen LogP contribution in [-0.4, -0.2) is 20.7 Å². The Kier molecular flexibility index (Phi) is 5.23. The average molecular weight is 367 g/mol. The van der Waals surface area contributed by atoms with Gasteiger partial charge in [0.1, 0.15) is 0 Å². The summed E-state index contributed by atoms with van der Waals surface area (Å²) >= 11 is 5.17. The molecule has 0 atom stereocenters. The second-order valence-electron chi connectivity index (χ2n) is 5.43. The first kappa shape index (κ1) is 17.6. The van der Waals surface area contributed by atoms with Crippen LogP contribution in [0.25, 0.3) is 22.3 Å². The molecule has 0 saturated heterocycles. The van der Waals surface area contributed by atoms with Crippen LogP contribution in [0.3, 0.4) is 0 Å². The van der Waals surface area contributed by atoms with Gasteiger partial charge in [-0.25, -0.2) is 4.98 Å². The molecule has 0 bridgehead atoms. The number of fused-ring (bicyclic) bond motifs is 1. The number of rotatable bonds is 3. The average Bonchev–Trinajstić information content (AvgIpc) is 2.68. The molecular weight excluding hydrogens is 350 g/mol. The quantitative estimate of drug-likeness (QED) is 0.484. The lowest BCUT2D eigenvalue weighted by Gasteiger charge is -2.17. The van der Waals surface area contributed by atoms with Crippen LogP contribution in [0.1, 0.15) is 13.3 Å². The monoisotopic (exact) mass is 367 g/mol. The maximum atomic E-state index is 12.9. The van der Waals surface area contributed by atoms with Gasteiger partial charge < -0.3 is 0 Å². The molecule has 2 aromatic carbocycles.